The number of halogens is 1. The maximum absolute atomic E-state index is 13.5. The third kappa shape index (κ3) is 4.52. The molecule has 2 aliphatic rings. The normalized spacial score (nSPS) is 23.3. The molecule has 1 aromatic rings. The molecule has 166 valence electrons. The van der Waals surface area contributed by atoms with E-state index in [-0.39, 0.29) is 24.9 Å². The van der Waals surface area contributed by atoms with E-state index in [9.17, 15) is 14.4 Å². The molecule has 31 heavy (non-hydrogen) atoms. The number of carbonyl (C=O) groups excluding carboxylic acids is 3. The number of dihydropyridines is 1. The van der Waals surface area contributed by atoms with Crippen molar-refractivity contribution in [1.82, 2.24) is 5.32 Å². The van der Waals surface area contributed by atoms with Crippen molar-refractivity contribution in [2.24, 2.45) is 11.8 Å². The SMILES string of the molecule is COCCOC(=O)C1=C(C)NC2=C(C(=O)[C@@H](C(=O)OC)[C@H](C)C2)[C@@H]1c1ccc(Cl)cc1. The van der Waals surface area contributed by atoms with E-state index < -0.39 is 23.8 Å². The van der Waals surface area contributed by atoms with Crippen LogP contribution < -0.4 is 5.32 Å². The van der Waals surface area contributed by atoms with E-state index in [4.69, 9.17) is 25.8 Å². The van der Waals surface area contributed by atoms with Gasteiger partial charge >= 0.3 is 11.9 Å². The minimum absolute atomic E-state index is 0.0844. The Morgan fingerprint density at radius 3 is 2.45 bits per heavy atom. The fraction of sp³-hybridized carbons (Fsp3) is 0.435. The average Bonchev–Trinajstić information content (AvgIpc) is 2.73. The summed E-state index contributed by atoms with van der Waals surface area (Å²) in [6.45, 7) is 3.96. The lowest BCUT2D eigenvalue weighted by Gasteiger charge is -2.38. The molecule has 0 saturated heterocycles. The second-order valence-electron chi connectivity index (χ2n) is 7.72. The molecular formula is C23H26ClNO6. The van der Waals surface area contributed by atoms with E-state index >= 15 is 0 Å². The number of ketones is 1. The van der Waals surface area contributed by atoms with E-state index in [1.807, 2.05) is 6.92 Å². The zero-order chi connectivity index (χ0) is 22.7. The zero-order valence-electron chi connectivity index (χ0n) is 18.0. The van der Waals surface area contributed by atoms with Crippen LogP contribution in [-0.2, 0) is 28.6 Å². The third-order valence-electron chi connectivity index (χ3n) is 5.69. The maximum atomic E-state index is 13.5. The van der Waals surface area contributed by atoms with Gasteiger partial charge < -0.3 is 19.5 Å². The molecule has 3 rings (SSSR count). The zero-order valence-corrected chi connectivity index (χ0v) is 18.7. The van der Waals surface area contributed by atoms with E-state index in [0.29, 0.717) is 39.5 Å². The number of methoxy groups -OCH3 is 2. The molecule has 0 saturated carbocycles. The maximum Gasteiger partial charge on any atom is 0.336 e. The van der Waals surface area contributed by atoms with Crippen LogP contribution in [0.4, 0.5) is 0 Å². The highest BCUT2D eigenvalue weighted by atomic mass is 35.5. The van der Waals surface area contributed by atoms with Gasteiger partial charge in [-0.25, -0.2) is 4.79 Å². The van der Waals surface area contributed by atoms with Crippen LogP contribution >= 0.6 is 11.6 Å². The minimum Gasteiger partial charge on any atom is -0.468 e. The van der Waals surface area contributed by atoms with E-state index in [2.05, 4.69) is 5.32 Å². The molecule has 7 nitrogen and oxygen atoms in total. The van der Waals surface area contributed by atoms with Gasteiger partial charge in [-0.2, -0.15) is 0 Å². The van der Waals surface area contributed by atoms with Gasteiger partial charge in [-0.1, -0.05) is 30.7 Å². The quantitative estimate of drug-likeness (QED) is 0.407. The summed E-state index contributed by atoms with van der Waals surface area (Å²) in [6.07, 6.45) is 0.480. The first-order chi connectivity index (χ1) is 14.8. The van der Waals surface area contributed by atoms with Crippen LogP contribution in [0.5, 0.6) is 0 Å². The van der Waals surface area contributed by atoms with Crippen LogP contribution in [0.15, 0.2) is 46.8 Å². The molecule has 0 fully saturated rings. The lowest BCUT2D eigenvalue weighted by Crippen LogP contribution is -2.43. The lowest BCUT2D eigenvalue weighted by atomic mass is 9.69. The summed E-state index contributed by atoms with van der Waals surface area (Å²) in [5.41, 5.74) is 2.74. The third-order valence-corrected chi connectivity index (χ3v) is 5.94. The first kappa shape index (κ1) is 23.0. The van der Waals surface area contributed by atoms with Gasteiger partial charge in [0, 0.05) is 35.0 Å². The highest BCUT2D eigenvalue weighted by molar-refractivity contribution is 6.30. The van der Waals surface area contributed by atoms with Crippen LogP contribution in [0.25, 0.3) is 0 Å². The number of hydrogen-bond donors (Lipinski definition) is 1. The van der Waals surface area contributed by atoms with Crippen molar-refractivity contribution in [3.63, 3.8) is 0 Å². The number of nitrogens with one attached hydrogen (secondary N) is 1. The number of allylic oxidation sites excluding steroid dienone is 3. The lowest BCUT2D eigenvalue weighted by molar-refractivity contribution is -0.151. The van der Waals surface area contributed by atoms with Crippen LogP contribution in [0, 0.1) is 11.8 Å². The highest BCUT2D eigenvalue weighted by Gasteiger charge is 2.47. The summed E-state index contributed by atoms with van der Waals surface area (Å²) in [6, 6.07) is 6.96. The number of ether oxygens (including phenoxy) is 3. The van der Waals surface area contributed by atoms with E-state index in [1.165, 1.54) is 14.2 Å². The summed E-state index contributed by atoms with van der Waals surface area (Å²) >= 11 is 6.06. The molecule has 0 spiro atoms. The van der Waals surface area contributed by atoms with Gasteiger partial charge in [0.1, 0.15) is 12.5 Å². The van der Waals surface area contributed by atoms with Crippen LogP contribution in [0.1, 0.15) is 31.7 Å². The molecule has 1 N–H and O–H groups in total. The van der Waals surface area contributed by atoms with Crippen molar-refractivity contribution in [2.75, 3.05) is 27.4 Å². The fourth-order valence-corrected chi connectivity index (χ4v) is 4.36. The Hall–Kier alpha value is -2.64. The topological polar surface area (TPSA) is 90.9 Å². The number of benzene rings is 1. The minimum atomic E-state index is -0.926. The van der Waals surface area contributed by atoms with Crippen molar-refractivity contribution in [3.8, 4) is 0 Å². The van der Waals surface area contributed by atoms with Crippen molar-refractivity contribution in [1.29, 1.82) is 0 Å². The number of esters is 2. The molecule has 1 aliphatic heterocycles. The van der Waals surface area contributed by atoms with Gasteiger partial charge in [0.25, 0.3) is 0 Å². The van der Waals surface area contributed by atoms with Crippen molar-refractivity contribution in [2.45, 2.75) is 26.2 Å². The second-order valence-corrected chi connectivity index (χ2v) is 8.15. The first-order valence-corrected chi connectivity index (χ1v) is 10.4. The van der Waals surface area contributed by atoms with Crippen molar-refractivity contribution in [3.05, 3.63) is 57.4 Å². The molecular weight excluding hydrogens is 422 g/mol. The van der Waals surface area contributed by atoms with Crippen molar-refractivity contribution < 1.29 is 28.6 Å². The van der Waals surface area contributed by atoms with Crippen molar-refractivity contribution >= 4 is 29.3 Å². The summed E-state index contributed by atoms with van der Waals surface area (Å²) in [7, 11) is 2.79. The molecule has 0 bridgehead atoms. The monoisotopic (exact) mass is 447 g/mol. The predicted octanol–water partition coefficient (Wildman–Crippen LogP) is 3.14. The standard InChI is InChI=1S/C23H26ClNO6/c1-12-11-16-20(21(26)17(12)22(27)30-4)19(14-5-7-15(24)8-6-14)18(13(2)25-16)23(28)31-10-9-29-3/h5-8,12,17,19,25H,9-11H2,1-4H3/t12-,17+,19-/m1/s1. The fourth-order valence-electron chi connectivity index (χ4n) is 4.24. The molecule has 1 aromatic carbocycles. The van der Waals surface area contributed by atoms with Gasteiger partial charge in [-0.15, -0.1) is 0 Å². The number of rotatable bonds is 6. The van der Waals surface area contributed by atoms with Gasteiger partial charge in [0.15, 0.2) is 5.78 Å². The Morgan fingerprint density at radius 2 is 1.84 bits per heavy atom. The smallest absolute Gasteiger partial charge is 0.336 e. The molecule has 3 atom stereocenters. The summed E-state index contributed by atoms with van der Waals surface area (Å²) in [5, 5.41) is 3.75. The van der Waals surface area contributed by atoms with E-state index in [0.717, 1.165) is 0 Å². The Balaban J connectivity index is 2.11. The highest BCUT2D eigenvalue weighted by Crippen LogP contribution is 2.45. The molecule has 0 amide bonds. The second kappa shape index (κ2) is 9.66. The molecule has 1 aliphatic carbocycles. The summed E-state index contributed by atoms with van der Waals surface area (Å²) < 4.78 is 15.2. The molecule has 0 unspecified atom stereocenters. The molecule has 8 heteroatoms. The van der Waals surface area contributed by atoms with Gasteiger partial charge in [-0.05, 0) is 37.0 Å². The Labute approximate surface area is 186 Å². The van der Waals surface area contributed by atoms with Gasteiger partial charge in [0.05, 0.1) is 19.3 Å². The first-order valence-electron chi connectivity index (χ1n) is 10.0. The average molecular weight is 448 g/mol. The largest absolute Gasteiger partial charge is 0.468 e. The number of hydrogen-bond acceptors (Lipinski definition) is 7. The van der Waals surface area contributed by atoms with Crippen LogP contribution in [0.2, 0.25) is 5.02 Å². The Bertz CT molecular complexity index is 949. The van der Waals surface area contributed by atoms with Gasteiger partial charge in [0.2, 0.25) is 0 Å². The molecule has 0 radical (unpaired) electrons. The Morgan fingerprint density at radius 1 is 1.16 bits per heavy atom. The van der Waals surface area contributed by atoms with Crippen LogP contribution in [-0.4, -0.2) is 45.2 Å². The number of carbonyl (C=O) groups is 3. The number of Topliss-reactive ketones (excluding diaryl/α,β-unsaturated/α-hetero) is 1. The molecule has 1 heterocycles. The molecule has 0 aromatic heterocycles. The summed E-state index contributed by atoms with van der Waals surface area (Å²) in [4.78, 5) is 38.9. The summed E-state index contributed by atoms with van der Waals surface area (Å²) in [5.74, 6) is -3.31. The Kier molecular flexibility index (Phi) is 7.18. The predicted molar refractivity (Wildman–Crippen MR) is 114 cm³/mol. The van der Waals surface area contributed by atoms with Crippen LogP contribution in [0.3, 0.4) is 0 Å². The van der Waals surface area contributed by atoms with E-state index in [1.54, 1.807) is 31.2 Å². The van der Waals surface area contributed by atoms with Gasteiger partial charge in [-0.3, -0.25) is 9.59 Å².